The smallest absolute Gasteiger partial charge is 0.314 e. The predicted octanol–water partition coefficient (Wildman–Crippen LogP) is 0.0794. The van der Waals surface area contributed by atoms with Crippen molar-refractivity contribution in [3.63, 3.8) is 0 Å². The first-order chi connectivity index (χ1) is 14.3. The van der Waals surface area contributed by atoms with Crippen LogP contribution in [0.4, 0.5) is 0 Å². The molecule has 4 radical (unpaired) electrons. The number of aliphatic hydroxyl groups excluding tert-OH is 2. The predicted molar refractivity (Wildman–Crippen MR) is 128 cm³/mol. The van der Waals surface area contributed by atoms with Gasteiger partial charge in [0.25, 0.3) is 0 Å². The Balaban J connectivity index is 2.58. The number of carbonyl (C=O) groups is 4. The number of carboxylic acids is 2. The summed E-state index contributed by atoms with van der Waals surface area (Å²) in [6.07, 6.45) is -6.41. The molecule has 0 bridgehead atoms. The van der Waals surface area contributed by atoms with E-state index in [0.29, 0.717) is 0 Å². The lowest BCUT2D eigenvalue weighted by molar-refractivity contribution is -0.156. The van der Waals surface area contributed by atoms with Crippen molar-refractivity contribution in [2.45, 2.75) is 48.6 Å². The first kappa shape index (κ1) is 29.2. The van der Waals surface area contributed by atoms with Gasteiger partial charge in [0.2, 0.25) is 0 Å². The van der Waals surface area contributed by atoms with Gasteiger partial charge in [-0.25, -0.2) is 0 Å². The molecule has 0 saturated carbocycles. The van der Waals surface area contributed by atoms with Crippen LogP contribution < -0.4 is 0 Å². The molecule has 1 rings (SSSR count). The van der Waals surface area contributed by atoms with Gasteiger partial charge < -0.3 is 34.6 Å². The summed E-state index contributed by atoms with van der Waals surface area (Å²) in [6.45, 7) is -0.875. The lowest BCUT2D eigenvalue weighted by Crippen LogP contribution is -2.43. The summed E-state index contributed by atoms with van der Waals surface area (Å²) in [4.78, 5) is 46.0. The highest BCUT2D eigenvalue weighted by atomic mass is 127. The fraction of sp³-hybridized carbons (Fsp3) is 0.714. The molecule has 8 unspecified atom stereocenters. The number of carbonyl (C=O) groups excluding carboxylic acids is 2. The second-order valence-electron chi connectivity index (χ2n) is 6.37. The zero-order chi connectivity index (χ0) is 23.9. The number of aliphatic hydroxyl groups is 2. The number of halogens is 2. The van der Waals surface area contributed by atoms with Gasteiger partial charge >= 0.3 is 23.9 Å². The zero-order valence-corrected chi connectivity index (χ0v) is 21.8. The number of esters is 2. The highest BCUT2D eigenvalue weighted by Gasteiger charge is 2.44. The Morgan fingerprint density at radius 1 is 1.10 bits per heavy atom. The van der Waals surface area contributed by atoms with Crippen LogP contribution in [-0.2, 0) is 33.4 Å². The normalized spacial score (nSPS) is 25.6. The van der Waals surface area contributed by atoms with Gasteiger partial charge in [-0.3, -0.25) is 19.2 Å². The number of rotatable bonds is 12. The Bertz CT molecular complexity index is 672. The maximum Gasteiger partial charge on any atom is 0.314 e. The Morgan fingerprint density at radius 3 is 2.16 bits per heavy atom. The van der Waals surface area contributed by atoms with Crippen molar-refractivity contribution < 1.29 is 53.8 Å². The summed E-state index contributed by atoms with van der Waals surface area (Å²) >= 11 is 3.47. The molecule has 0 aromatic heterocycles. The Kier molecular flexibility index (Phi) is 13.0. The van der Waals surface area contributed by atoms with Crippen LogP contribution in [0.15, 0.2) is 0 Å². The minimum absolute atomic E-state index is 0.278. The highest BCUT2D eigenvalue weighted by molar-refractivity contribution is 14.2. The van der Waals surface area contributed by atoms with E-state index in [-0.39, 0.29) is 6.61 Å². The standard InChI is InChI=1S/C14H18B2I2O11P2/c15-30(17)7(13(24)25)2-10(22)27-3-5(19)12-11(23)6(4-28-12)29-14(26)8(31(16)18)1-9(20)21/h5-8,11-12,19,23H,1-4H2,(H,20,21)(H,24,25). The Labute approximate surface area is 208 Å². The van der Waals surface area contributed by atoms with Gasteiger partial charge in [0.05, 0.1) is 30.8 Å². The molecule has 11 nitrogen and oxygen atoms in total. The molecule has 1 fully saturated rings. The molecule has 1 saturated heterocycles. The number of aliphatic carboxylic acids is 2. The topological polar surface area (TPSA) is 177 Å². The van der Waals surface area contributed by atoms with Crippen molar-refractivity contribution in [1.82, 2.24) is 0 Å². The van der Waals surface area contributed by atoms with Crippen LogP contribution in [0.3, 0.4) is 0 Å². The van der Waals surface area contributed by atoms with Crippen molar-refractivity contribution in [3.05, 3.63) is 0 Å². The van der Waals surface area contributed by atoms with E-state index in [4.69, 9.17) is 39.6 Å². The van der Waals surface area contributed by atoms with Crippen molar-refractivity contribution >= 4 is 94.0 Å². The van der Waals surface area contributed by atoms with E-state index in [0.717, 1.165) is 0 Å². The van der Waals surface area contributed by atoms with E-state index in [1.807, 2.05) is 0 Å². The minimum atomic E-state index is -1.49. The van der Waals surface area contributed by atoms with Crippen LogP contribution >= 0.6 is 55.0 Å². The molecule has 1 heterocycles. The van der Waals surface area contributed by atoms with E-state index in [1.54, 1.807) is 44.1 Å². The first-order valence-corrected chi connectivity index (χ1v) is 17.1. The summed E-state index contributed by atoms with van der Waals surface area (Å²) in [6, 6.07) is 0. The maximum atomic E-state index is 12.2. The van der Waals surface area contributed by atoms with Gasteiger partial charge in [-0.15, -0.1) is 0 Å². The van der Waals surface area contributed by atoms with Gasteiger partial charge in [0.15, 0.2) is 6.10 Å². The molecule has 0 spiro atoms. The monoisotopic (exact) mass is 700 g/mol. The fourth-order valence-electron chi connectivity index (χ4n) is 2.49. The first-order valence-electron chi connectivity index (χ1n) is 8.53. The Hall–Kier alpha value is 0.210. The summed E-state index contributed by atoms with van der Waals surface area (Å²) in [5.41, 5.74) is -5.14. The van der Waals surface area contributed by atoms with Crippen LogP contribution in [-0.4, -0.2) is 108 Å². The Morgan fingerprint density at radius 2 is 1.68 bits per heavy atom. The van der Waals surface area contributed by atoms with Crippen LogP contribution in [0, 0.1) is 0 Å². The fourth-order valence-corrected chi connectivity index (χ4v) is 6.20. The van der Waals surface area contributed by atoms with E-state index >= 15 is 0 Å². The number of hydrogen-bond acceptors (Lipinski definition) is 9. The highest BCUT2D eigenvalue weighted by Crippen LogP contribution is 2.47. The van der Waals surface area contributed by atoms with E-state index in [2.05, 4.69) is 0 Å². The summed E-state index contributed by atoms with van der Waals surface area (Å²) in [5, 5.41) is 38.4. The SMILES string of the molecule is [B]P(I)C(CC(=O)OCC(O)C1OCC(OC(=O)C(CC(=O)O)P([B])I)C1O)C(=O)O. The van der Waals surface area contributed by atoms with Crippen molar-refractivity contribution in [1.29, 1.82) is 0 Å². The molecule has 170 valence electrons. The van der Waals surface area contributed by atoms with Crippen molar-refractivity contribution in [3.8, 4) is 0 Å². The van der Waals surface area contributed by atoms with Crippen molar-refractivity contribution in [2.75, 3.05) is 13.2 Å². The third-order valence-electron chi connectivity index (χ3n) is 4.11. The molecule has 4 N–H and O–H groups in total. The maximum absolute atomic E-state index is 12.2. The summed E-state index contributed by atoms with van der Waals surface area (Å²) in [5.74, 6) is -4.28. The summed E-state index contributed by atoms with van der Waals surface area (Å²) < 4.78 is 15.2. The second-order valence-corrected chi connectivity index (χ2v) is 15.7. The third kappa shape index (κ3) is 9.54. The summed E-state index contributed by atoms with van der Waals surface area (Å²) in [7, 11) is 11.2. The second kappa shape index (κ2) is 13.8. The van der Waals surface area contributed by atoms with Gasteiger partial charge in [0, 0.05) is 0 Å². The van der Waals surface area contributed by atoms with Crippen LogP contribution in [0.25, 0.3) is 0 Å². The number of carboxylic acid groups (broad SMARTS) is 2. The van der Waals surface area contributed by atoms with Gasteiger partial charge in [-0.1, -0.05) is 55.0 Å². The average molecular weight is 700 g/mol. The zero-order valence-electron chi connectivity index (χ0n) is 15.7. The van der Waals surface area contributed by atoms with E-state index in [1.165, 1.54) is 0 Å². The quantitative estimate of drug-likeness (QED) is 0.0940. The van der Waals surface area contributed by atoms with Gasteiger partial charge in [-0.2, -0.15) is 0 Å². The molecule has 0 aromatic rings. The molecule has 0 aromatic carbocycles. The van der Waals surface area contributed by atoms with Crippen molar-refractivity contribution in [2.24, 2.45) is 0 Å². The van der Waals surface area contributed by atoms with Crippen LogP contribution in [0.1, 0.15) is 12.8 Å². The molecular formula is C14H18B2I2O11P2. The minimum Gasteiger partial charge on any atom is -0.481 e. The average Bonchev–Trinajstić information content (AvgIpc) is 3.01. The third-order valence-corrected chi connectivity index (χ3v) is 10.1. The lowest BCUT2D eigenvalue weighted by atomic mass is 10.1. The molecule has 17 heteroatoms. The molecule has 31 heavy (non-hydrogen) atoms. The van der Waals surface area contributed by atoms with Crippen LogP contribution in [0.5, 0.6) is 0 Å². The van der Waals surface area contributed by atoms with Gasteiger partial charge in [0.1, 0.15) is 40.1 Å². The molecule has 1 aliphatic heterocycles. The molecular weight excluding hydrogens is 682 g/mol. The van der Waals surface area contributed by atoms with Gasteiger partial charge in [-0.05, 0) is 0 Å². The lowest BCUT2D eigenvalue weighted by Gasteiger charge is -2.24. The number of hydrogen-bond donors (Lipinski definition) is 4. The van der Waals surface area contributed by atoms with E-state index in [9.17, 15) is 29.4 Å². The molecule has 8 atom stereocenters. The largest absolute Gasteiger partial charge is 0.481 e. The molecule has 0 aliphatic carbocycles. The van der Waals surface area contributed by atoms with Crippen LogP contribution in [0.2, 0.25) is 0 Å². The van der Waals surface area contributed by atoms with E-state index < -0.39 is 89.9 Å². The number of ether oxygens (including phenoxy) is 3. The molecule has 0 amide bonds. The molecule has 1 aliphatic rings.